The Balaban J connectivity index is 1.95. The first kappa shape index (κ1) is 12.4. The second-order valence-electron chi connectivity index (χ2n) is 3.75. The maximum absolute atomic E-state index is 6.10. The third-order valence-corrected chi connectivity index (χ3v) is 3.25. The SMILES string of the molecule is Clc1cccc(Cl)c1C[NH2+]Cc1ccncc1. The van der Waals surface area contributed by atoms with Crippen LogP contribution in [-0.2, 0) is 13.1 Å². The number of rotatable bonds is 4. The van der Waals surface area contributed by atoms with E-state index in [-0.39, 0.29) is 0 Å². The molecule has 1 aromatic heterocycles. The van der Waals surface area contributed by atoms with Gasteiger partial charge in [-0.25, -0.2) is 0 Å². The standard InChI is InChI=1S/C13H12Cl2N2/c14-12-2-1-3-13(15)11(12)9-17-8-10-4-6-16-7-5-10/h1-7,17H,8-9H2/p+1. The average molecular weight is 268 g/mol. The lowest BCUT2D eigenvalue weighted by molar-refractivity contribution is -0.686. The van der Waals surface area contributed by atoms with Gasteiger partial charge in [0.05, 0.1) is 10.0 Å². The summed E-state index contributed by atoms with van der Waals surface area (Å²) < 4.78 is 0. The van der Waals surface area contributed by atoms with E-state index in [0.29, 0.717) is 0 Å². The van der Waals surface area contributed by atoms with Crippen molar-refractivity contribution in [2.45, 2.75) is 13.1 Å². The Kier molecular flexibility index (Phi) is 4.37. The van der Waals surface area contributed by atoms with Gasteiger partial charge in [0.2, 0.25) is 0 Å². The number of aromatic nitrogens is 1. The zero-order chi connectivity index (χ0) is 12.1. The molecule has 0 bridgehead atoms. The lowest BCUT2D eigenvalue weighted by atomic mass is 10.2. The minimum absolute atomic E-state index is 0.725. The number of nitrogens with zero attached hydrogens (tertiary/aromatic N) is 1. The van der Waals surface area contributed by atoms with E-state index in [1.165, 1.54) is 5.56 Å². The molecule has 0 aliphatic carbocycles. The minimum atomic E-state index is 0.725. The molecule has 2 N–H and O–H groups in total. The minimum Gasteiger partial charge on any atom is -0.339 e. The molecule has 0 saturated carbocycles. The van der Waals surface area contributed by atoms with Crippen LogP contribution in [0.3, 0.4) is 0 Å². The maximum atomic E-state index is 6.10. The van der Waals surface area contributed by atoms with Crippen LogP contribution in [0.2, 0.25) is 10.0 Å². The van der Waals surface area contributed by atoms with Crippen LogP contribution in [0, 0.1) is 0 Å². The fraction of sp³-hybridized carbons (Fsp3) is 0.154. The van der Waals surface area contributed by atoms with Crippen LogP contribution >= 0.6 is 23.2 Å². The third-order valence-electron chi connectivity index (χ3n) is 2.54. The van der Waals surface area contributed by atoms with Gasteiger partial charge in [-0.2, -0.15) is 0 Å². The van der Waals surface area contributed by atoms with Gasteiger partial charge in [0.25, 0.3) is 0 Å². The molecule has 4 heteroatoms. The number of pyridine rings is 1. The van der Waals surface area contributed by atoms with Gasteiger partial charge in [0, 0.05) is 23.5 Å². The van der Waals surface area contributed by atoms with Crippen LogP contribution in [0.4, 0.5) is 0 Å². The average Bonchev–Trinajstić information content (AvgIpc) is 2.34. The molecule has 1 aromatic carbocycles. The van der Waals surface area contributed by atoms with Gasteiger partial charge in [0.1, 0.15) is 13.1 Å². The summed E-state index contributed by atoms with van der Waals surface area (Å²) in [5.74, 6) is 0. The molecular formula is C13H13Cl2N2+. The molecule has 0 aliphatic heterocycles. The van der Waals surface area contributed by atoms with Crippen molar-refractivity contribution in [1.82, 2.24) is 4.98 Å². The summed E-state index contributed by atoms with van der Waals surface area (Å²) in [5, 5.41) is 3.62. The molecule has 2 nitrogen and oxygen atoms in total. The third kappa shape index (κ3) is 3.43. The lowest BCUT2D eigenvalue weighted by Gasteiger charge is -2.06. The summed E-state index contributed by atoms with van der Waals surface area (Å²) in [6.45, 7) is 1.67. The Morgan fingerprint density at radius 1 is 0.941 bits per heavy atom. The highest BCUT2D eigenvalue weighted by Crippen LogP contribution is 2.22. The summed E-state index contributed by atoms with van der Waals surface area (Å²) in [4.78, 5) is 3.98. The van der Waals surface area contributed by atoms with Crippen molar-refractivity contribution in [3.05, 3.63) is 63.9 Å². The second kappa shape index (κ2) is 6.01. The number of halogens is 2. The molecule has 0 unspecified atom stereocenters. The van der Waals surface area contributed by atoms with Gasteiger partial charge in [-0.3, -0.25) is 4.98 Å². The van der Waals surface area contributed by atoms with Gasteiger partial charge >= 0.3 is 0 Å². The van der Waals surface area contributed by atoms with Crippen molar-refractivity contribution in [3.63, 3.8) is 0 Å². The Hall–Kier alpha value is -1.09. The molecule has 0 saturated heterocycles. The molecule has 0 atom stereocenters. The van der Waals surface area contributed by atoms with E-state index in [2.05, 4.69) is 10.3 Å². The fourth-order valence-corrected chi connectivity index (χ4v) is 2.18. The first-order valence-corrected chi connectivity index (χ1v) is 6.16. The first-order chi connectivity index (χ1) is 8.27. The van der Waals surface area contributed by atoms with Crippen molar-refractivity contribution in [1.29, 1.82) is 0 Å². The molecule has 0 spiro atoms. The van der Waals surface area contributed by atoms with E-state index >= 15 is 0 Å². The number of quaternary nitrogens is 1. The highest BCUT2D eigenvalue weighted by molar-refractivity contribution is 6.35. The summed E-state index contributed by atoms with van der Waals surface area (Å²) in [6.07, 6.45) is 3.59. The van der Waals surface area contributed by atoms with Crippen molar-refractivity contribution >= 4 is 23.2 Å². The molecule has 0 radical (unpaired) electrons. The van der Waals surface area contributed by atoms with Crippen molar-refractivity contribution in [3.8, 4) is 0 Å². The van der Waals surface area contributed by atoms with E-state index in [1.54, 1.807) is 12.4 Å². The van der Waals surface area contributed by atoms with Gasteiger partial charge in [0.15, 0.2) is 0 Å². The van der Waals surface area contributed by atoms with Crippen LogP contribution in [0.5, 0.6) is 0 Å². The van der Waals surface area contributed by atoms with Gasteiger partial charge in [-0.1, -0.05) is 29.3 Å². The molecule has 0 amide bonds. The van der Waals surface area contributed by atoms with Crippen molar-refractivity contribution in [2.75, 3.05) is 0 Å². The Labute approximate surface area is 111 Å². The number of nitrogens with two attached hydrogens (primary N) is 1. The van der Waals surface area contributed by atoms with Gasteiger partial charge in [-0.05, 0) is 24.3 Å². The van der Waals surface area contributed by atoms with E-state index in [9.17, 15) is 0 Å². The molecule has 0 aliphatic rings. The predicted molar refractivity (Wildman–Crippen MR) is 70.0 cm³/mol. The Bertz CT molecular complexity index is 466. The molecule has 2 rings (SSSR count). The first-order valence-electron chi connectivity index (χ1n) is 5.41. The molecule has 17 heavy (non-hydrogen) atoms. The van der Waals surface area contributed by atoms with Crippen LogP contribution in [0.15, 0.2) is 42.7 Å². The Morgan fingerprint density at radius 3 is 2.24 bits per heavy atom. The van der Waals surface area contributed by atoms with E-state index in [4.69, 9.17) is 23.2 Å². The highest BCUT2D eigenvalue weighted by atomic mass is 35.5. The van der Waals surface area contributed by atoms with E-state index in [0.717, 1.165) is 28.7 Å². The second-order valence-corrected chi connectivity index (χ2v) is 4.57. The van der Waals surface area contributed by atoms with Crippen molar-refractivity contribution in [2.24, 2.45) is 0 Å². The van der Waals surface area contributed by atoms with Crippen LogP contribution in [0.1, 0.15) is 11.1 Å². The largest absolute Gasteiger partial charge is 0.339 e. The summed E-state index contributed by atoms with van der Waals surface area (Å²) in [7, 11) is 0. The number of benzene rings is 1. The summed E-state index contributed by atoms with van der Waals surface area (Å²) >= 11 is 12.2. The smallest absolute Gasteiger partial charge is 0.104 e. The van der Waals surface area contributed by atoms with E-state index < -0.39 is 0 Å². The van der Waals surface area contributed by atoms with Gasteiger partial charge < -0.3 is 5.32 Å². The topological polar surface area (TPSA) is 29.5 Å². The van der Waals surface area contributed by atoms with Gasteiger partial charge in [-0.15, -0.1) is 0 Å². The number of hydrogen-bond donors (Lipinski definition) is 1. The zero-order valence-electron chi connectivity index (χ0n) is 9.24. The molecule has 1 heterocycles. The van der Waals surface area contributed by atoms with Crippen LogP contribution < -0.4 is 5.32 Å². The Morgan fingerprint density at radius 2 is 1.59 bits per heavy atom. The fourth-order valence-electron chi connectivity index (χ4n) is 1.63. The van der Waals surface area contributed by atoms with Crippen LogP contribution in [-0.4, -0.2) is 4.98 Å². The monoisotopic (exact) mass is 267 g/mol. The number of hydrogen-bond acceptors (Lipinski definition) is 1. The predicted octanol–water partition coefficient (Wildman–Crippen LogP) is 2.65. The highest BCUT2D eigenvalue weighted by Gasteiger charge is 2.06. The molecule has 2 aromatic rings. The molecular weight excluding hydrogens is 255 g/mol. The lowest BCUT2D eigenvalue weighted by Crippen LogP contribution is -2.80. The van der Waals surface area contributed by atoms with E-state index in [1.807, 2.05) is 30.3 Å². The summed E-state index contributed by atoms with van der Waals surface area (Å²) in [5.41, 5.74) is 2.23. The maximum Gasteiger partial charge on any atom is 0.104 e. The summed E-state index contributed by atoms with van der Waals surface area (Å²) in [6, 6.07) is 9.60. The normalized spacial score (nSPS) is 10.5. The zero-order valence-corrected chi connectivity index (χ0v) is 10.7. The van der Waals surface area contributed by atoms with Crippen LogP contribution in [0.25, 0.3) is 0 Å². The van der Waals surface area contributed by atoms with Crippen molar-refractivity contribution < 1.29 is 5.32 Å². The molecule has 88 valence electrons. The quantitative estimate of drug-likeness (QED) is 0.907. The molecule has 0 fully saturated rings.